The summed E-state index contributed by atoms with van der Waals surface area (Å²) in [7, 11) is 4.58. The molecule has 0 radical (unpaired) electrons. The second-order valence-electron chi connectivity index (χ2n) is 20.8. The van der Waals surface area contributed by atoms with Gasteiger partial charge in [-0.25, -0.2) is 4.79 Å². The highest BCUT2D eigenvalue weighted by molar-refractivity contribution is 14.1. The second kappa shape index (κ2) is 29.8. The number of halogens is 1. The Morgan fingerprint density at radius 1 is 0.875 bits per heavy atom. The van der Waals surface area contributed by atoms with Crippen molar-refractivity contribution in [1.82, 2.24) is 4.90 Å². The normalized spacial score (nSPS) is 36.4. The van der Waals surface area contributed by atoms with Crippen LogP contribution in [0.25, 0.3) is 0 Å². The number of hydrogen-bond donors (Lipinski definition) is 2. The summed E-state index contributed by atoms with van der Waals surface area (Å²) in [6, 6.07) is -1.16. The molecular weight excluding hydrogens is 1040 g/mol. The third kappa shape index (κ3) is 17.2. The first-order chi connectivity index (χ1) is 34.2. The molecule has 17 heteroatoms. The summed E-state index contributed by atoms with van der Waals surface area (Å²) in [5, 5.41) is 23.5. The van der Waals surface area contributed by atoms with Crippen LogP contribution in [0.2, 0.25) is 0 Å². The van der Waals surface area contributed by atoms with E-state index in [4.69, 9.17) is 33.2 Å². The number of ether oxygens (including phenoxy) is 7. The van der Waals surface area contributed by atoms with E-state index in [0.29, 0.717) is 63.4 Å². The van der Waals surface area contributed by atoms with Gasteiger partial charge in [-0.2, -0.15) is 0 Å². The highest BCUT2D eigenvalue weighted by Gasteiger charge is 2.53. The number of ketones is 3. The van der Waals surface area contributed by atoms with Crippen molar-refractivity contribution in [2.45, 2.75) is 180 Å². The molecule has 2 N–H and O–H groups in total. The number of nitrogens with zero attached hydrogens (tertiary/aromatic N) is 1. The second-order valence-corrected chi connectivity index (χ2v) is 21.5. The number of rotatable bonds is 11. The van der Waals surface area contributed by atoms with E-state index in [1.807, 2.05) is 80.7 Å². The number of Topliss-reactive ketones (excluding diaryl/α,β-unsaturated/α-hetero) is 3. The van der Waals surface area contributed by atoms with Gasteiger partial charge in [-0.1, -0.05) is 93.7 Å². The third-order valence-electron chi connectivity index (χ3n) is 15.2. The van der Waals surface area contributed by atoms with Crippen LogP contribution in [0.4, 0.5) is 0 Å². The van der Waals surface area contributed by atoms with Crippen molar-refractivity contribution in [3.8, 4) is 0 Å². The van der Waals surface area contributed by atoms with Gasteiger partial charge < -0.3 is 48.3 Å². The molecule has 406 valence electrons. The van der Waals surface area contributed by atoms with Gasteiger partial charge in [0.25, 0.3) is 11.7 Å². The fraction of sp³-hybridized carbons (Fsp3) is 0.745. The van der Waals surface area contributed by atoms with Gasteiger partial charge >= 0.3 is 11.9 Å². The largest absolute Gasteiger partial charge is 0.463 e. The standard InChI is InChI=1S/C55H84INO15/c1-33-16-12-11-13-17-34(2)45(66-8)30-41-21-19-39(7)55(65,72-41)52(62)53(63)57-23-15-14-18-42(57)54(64)71-46(31-43(58)35(3)27-38(6)50(61)51(68-10)49(60)37(5)26-33)36(4)28-40-20-22-44(47(29-40)67-9)69-24-25-70-48(59)32-56/h11-13,16-17,27,33,35-37,39-42,44-47,50-51,61,65H,14-15,18-26,28-32H2,1-10H3/b13-11?,16-12-,34-17?,38-27+/t33-,35+,36+,37+,39+,40-,41-,42-,44+,45-,46?,47+,50+,51-,55+/m0/s1. The van der Waals surface area contributed by atoms with Gasteiger partial charge in [-0.05, 0) is 107 Å². The number of methoxy groups -OCH3 is 3. The van der Waals surface area contributed by atoms with Gasteiger partial charge in [0, 0.05) is 58.5 Å². The number of fused-ring (bicyclic) bond motifs is 3. The van der Waals surface area contributed by atoms with Crippen LogP contribution in [0.3, 0.4) is 0 Å². The minimum absolute atomic E-state index is 0.00895. The van der Waals surface area contributed by atoms with Gasteiger partial charge in [0.2, 0.25) is 5.79 Å². The molecule has 0 aromatic carbocycles. The van der Waals surface area contributed by atoms with Crippen molar-refractivity contribution < 1.29 is 72.1 Å². The van der Waals surface area contributed by atoms with Crippen LogP contribution in [0.5, 0.6) is 0 Å². The molecule has 3 fully saturated rings. The lowest BCUT2D eigenvalue weighted by atomic mass is 9.78. The number of cyclic esters (lactones) is 1. The Bertz CT molecular complexity index is 1950. The zero-order valence-corrected chi connectivity index (χ0v) is 46.5. The molecule has 16 nitrogen and oxygen atoms in total. The van der Waals surface area contributed by atoms with E-state index < -0.39 is 77.8 Å². The molecule has 4 aliphatic rings. The van der Waals surface area contributed by atoms with Crippen LogP contribution in [0.1, 0.15) is 126 Å². The number of carbonyl (C=O) groups is 6. The summed E-state index contributed by atoms with van der Waals surface area (Å²) in [5.41, 5.74) is 1.25. The average Bonchev–Trinajstić information content (AvgIpc) is 3.36. The summed E-state index contributed by atoms with van der Waals surface area (Å²) >= 11 is 1.94. The Morgan fingerprint density at radius 3 is 2.29 bits per heavy atom. The molecule has 2 bridgehead atoms. The summed E-state index contributed by atoms with van der Waals surface area (Å²) in [6.07, 6.45) is 11.7. The SMILES string of the molecule is CO[C@H]1C[C@@H]2CC[C@@H](C)[C@@](O)(O2)C(=O)C(=O)N2CCCC[C@H]2C(=O)OC([C@H](C)C[C@@H]2CC[C@@H](OCCOC(=O)CI)[C@H](OC)C2)CC(=O)[C@H](C)/C=C(\C)[C@@H](O)[C@@H](OC)C(=O)[C@H](C)C[C@@H](C)/C=C\C=CC=C1C. The van der Waals surface area contributed by atoms with Crippen LogP contribution in [0, 0.1) is 35.5 Å². The molecule has 1 amide bonds. The van der Waals surface area contributed by atoms with E-state index in [0.717, 1.165) is 12.0 Å². The Morgan fingerprint density at radius 2 is 1.61 bits per heavy atom. The first kappa shape index (κ1) is 61.4. The average molecular weight is 1130 g/mol. The van der Waals surface area contributed by atoms with Gasteiger partial charge in [0.05, 0.1) is 35.5 Å². The molecule has 15 atom stereocenters. The number of alkyl halides is 1. The first-order valence-corrected chi connectivity index (χ1v) is 27.5. The molecule has 0 aromatic heterocycles. The molecule has 4 rings (SSSR count). The number of aliphatic hydroxyl groups excluding tert-OH is 1. The summed E-state index contributed by atoms with van der Waals surface area (Å²) < 4.78 is 41.3. The van der Waals surface area contributed by atoms with Crippen molar-refractivity contribution in [2.24, 2.45) is 35.5 Å². The molecule has 3 heterocycles. The molecule has 1 unspecified atom stereocenters. The Labute approximate surface area is 441 Å². The fourth-order valence-corrected chi connectivity index (χ4v) is 10.9. The highest BCUT2D eigenvalue weighted by atomic mass is 127. The number of allylic oxidation sites excluding steroid dienone is 6. The van der Waals surface area contributed by atoms with E-state index in [-0.39, 0.29) is 84.5 Å². The van der Waals surface area contributed by atoms with Crippen molar-refractivity contribution in [1.29, 1.82) is 0 Å². The zero-order chi connectivity index (χ0) is 53.3. The summed E-state index contributed by atoms with van der Waals surface area (Å²) in [4.78, 5) is 84.0. The van der Waals surface area contributed by atoms with Crippen molar-refractivity contribution in [2.75, 3.05) is 45.5 Å². The number of piperidine rings is 1. The maximum absolute atomic E-state index is 14.5. The van der Waals surface area contributed by atoms with E-state index in [1.165, 1.54) is 12.0 Å². The highest BCUT2D eigenvalue weighted by Crippen LogP contribution is 2.38. The third-order valence-corrected chi connectivity index (χ3v) is 15.9. The lowest BCUT2D eigenvalue weighted by molar-refractivity contribution is -0.265. The minimum atomic E-state index is -2.44. The van der Waals surface area contributed by atoms with Crippen molar-refractivity contribution in [3.05, 3.63) is 47.6 Å². The van der Waals surface area contributed by atoms with Gasteiger partial charge in [0.15, 0.2) is 5.78 Å². The molecule has 1 saturated carbocycles. The molecular formula is C55H84INO15. The molecule has 72 heavy (non-hydrogen) atoms. The van der Waals surface area contributed by atoms with Crippen LogP contribution in [-0.2, 0) is 61.9 Å². The lowest BCUT2D eigenvalue weighted by Gasteiger charge is -2.42. The molecule has 2 saturated heterocycles. The summed E-state index contributed by atoms with van der Waals surface area (Å²) in [6.45, 7) is 13.1. The van der Waals surface area contributed by atoms with Crippen LogP contribution in [-0.4, -0.2) is 150 Å². The molecule has 0 aromatic rings. The predicted molar refractivity (Wildman–Crippen MR) is 279 cm³/mol. The van der Waals surface area contributed by atoms with Gasteiger partial charge in [-0.3, -0.25) is 24.0 Å². The van der Waals surface area contributed by atoms with Crippen molar-refractivity contribution in [3.63, 3.8) is 0 Å². The van der Waals surface area contributed by atoms with E-state index in [9.17, 15) is 39.0 Å². The van der Waals surface area contributed by atoms with Gasteiger partial charge in [-0.15, -0.1) is 0 Å². The van der Waals surface area contributed by atoms with E-state index >= 15 is 0 Å². The number of carbonyl (C=O) groups excluding carboxylic acids is 6. The van der Waals surface area contributed by atoms with Crippen LogP contribution < -0.4 is 0 Å². The Balaban J connectivity index is 1.67. The number of hydrogen-bond acceptors (Lipinski definition) is 15. The Kier molecular flexibility index (Phi) is 25.4. The maximum Gasteiger partial charge on any atom is 0.329 e. The number of aliphatic hydroxyl groups is 2. The molecule has 1 aliphatic carbocycles. The van der Waals surface area contributed by atoms with E-state index in [1.54, 1.807) is 41.1 Å². The van der Waals surface area contributed by atoms with Crippen LogP contribution in [0.15, 0.2) is 47.6 Å². The van der Waals surface area contributed by atoms with Crippen molar-refractivity contribution >= 4 is 57.8 Å². The molecule has 0 spiro atoms. The summed E-state index contributed by atoms with van der Waals surface area (Å²) in [5.74, 6) is -8.41. The van der Waals surface area contributed by atoms with E-state index in [2.05, 4.69) is 0 Å². The van der Waals surface area contributed by atoms with Crippen LogP contribution >= 0.6 is 22.6 Å². The first-order valence-electron chi connectivity index (χ1n) is 26.0. The number of esters is 2. The fourth-order valence-electron chi connectivity index (χ4n) is 10.7. The number of amides is 1. The smallest absolute Gasteiger partial charge is 0.329 e. The van der Waals surface area contributed by atoms with Gasteiger partial charge in [0.1, 0.15) is 36.7 Å². The topological polar surface area (TPSA) is 211 Å². The minimum Gasteiger partial charge on any atom is -0.463 e. The molecule has 3 aliphatic heterocycles. The quantitative estimate of drug-likeness (QED) is 0.0524. The monoisotopic (exact) mass is 1130 g/mol. The maximum atomic E-state index is 14.5. The lowest BCUT2D eigenvalue weighted by Crippen LogP contribution is -2.61. The zero-order valence-electron chi connectivity index (χ0n) is 44.4. The predicted octanol–water partition coefficient (Wildman–Crippen LogP) is 7.18. The Hall–Kier alpha value is -3.17.